The molecule has 17 heavy (non-hydrogen) atoms. The normalized spacial score (nSPS) is 12.0. The zero-order chi connectivity index (χ0) is 12.8. The molecule has 0 radical (unpaired) electrons. The van der Waals surface area contributed by atoms with Gasteiger partial charge in [0, 0.05) is 0 Å². The molecule has 0 fully saturated rings. The molecule has 0 aliphatic carbocycles. The largest absolute Gasteiger partial charge is 0.551 e. The fraction of sp³-hybridized carbons (Fsp3) is 0.467. The van der Waals surface area contributed by atoms with Gasteiger partial charge in [-0.3, -0.25) is 0 Å². The Morgan fingerprint density at radius 1 is 1.06 bits per heavy atom. The van der Waals surface area contributed by atoms with Crippen LogP contribution in [0.5, 0.6) is 0 Å². The molecule has 0 unspecified atom stereocenters. The van der Waals surface area contributed by atoms with Gasteiger partial charge in [-0.05, 0) is 35.2 Å². The van der Waals surface area contributed by atoms with Crippen molar-refractivity contribution in [2.75, 3.05) is 0 Å². The molecule has 1 aromatic rings. The Labute approximate surface area is 107 Å². The summed E-state index contributed by atoms with van der Waals surface area (Å²) in [5.74, 6) is 0. The number of aryl methyl sites for hydroxylation is 1. The molecule has 0 atom stereocenters. The van der Waals surface area contributed by atoms with E-state index in [2.05, 4.69) is 65.0 Å². The first-order valence-corrected chi connectivity index (χ1v) is 8.20. The highest BCUT2D eigenvalue weighted by Crippen LogP contribution is 2.21. The van der Waals surface area contributed by atoms with Gasteiger partial charge in [0.2, 0.25) is 9.04 Å². The molecule has 0 saturated carbocycles. The van der Waals surface area contributed by atoms with E-state index in [-0.39, 0.29) is 0 Å². The molecule has 0 bridgehead atoms. The summed E-state index contributed by atoms with van der Waals surface area (Å²) in [5.41, 5.74) is 3.89. The number of hydrogen-bond donors (Lipinski definition) is 0. The molecule has 1 nitrogen and oxygen atoms in total. The van der Waals surface area contributed by atoms with Gasteiger partial charge in [-0.15, -0.1) is 0 Å². The van der Waals surface area contributed by atoms with Gasteiger partial charge in [-0.25, -0.2) is 0 Å². The van der Waals surface area contributed by atoms with Crippen LogP contribution in [0.25, 0.3) is 6.08 Å². The highest BCUT2D eigenvalue weighted by molar-refractivity contribution is 6.55. The first-order valence-electron chi connectivity index (χ1n) is 6.40. The van der Waals surface area contributed by atoms with Gasteiger partial charge in [-0.2, -0.15) is 0 Å². The Hall–Kier alpha value is -1.02. The Balaban J connectivity index is 2.63. The molecule has 0 aromatic heterocycles. The van der Waals surface area contributed by atoms with Crippen LogP contribution in [-0.2, 0) is 4.43 Å². The second-order valence-corrected chi connectivity index (χ2v) is 9.12. The third-order valence-corrected chi connectivity index (χ3v) is 6.09. The van der Waals surface area contributed by atoms with Crippen LogP contribution in [0, 0.1) is 6.92 Å². The fourth-order valence-electron chi connectivity index (χ4n) is 2.06. The van der Waals surface area contributed by atoms with Crippen LogP contribution in [-0.4, -0.2) is 9.04 Å². The van der Waals surface area contributed by atoms with Crippen LogP contribution in [0.1, 0.15) is 38.8 Å². The van der Waals surface area contributed by atoms with Crippen molar-refractivity contribution in [1.82, 2.24) is 0 Å². The highest BCUT2D eigenvalue weighted by atomic mass is 28.3. The Morgan fingerprint density at radius 2 is 1.65 bits per heavy atom. The van der Waals surface area contributed by atoms with Crippen LogP contribution < -0.4 is 0 Å². The zero-order valence-corrected chi connectivity index (χ0v) is 12.8. The molecule has 0 aliphatic rings. The summed E-state index contributed by atoms with van der Waals surface area (Å²) in [6, 6.07) is 8.37. The summed E-state index contributed by atoms with van der Waals surface area (Å²) in [7, 11) is -1.12. The van der Waals surface area contributed by atoms with Crippen molar-refractivity contribution in [2.24, 2.45) is 0 Å². The minimum absolute atomic E-state index is 0.677. The highest BCUT2D eigenvalue weighted by Gasteiger charge is 2.20. The number of benzene rings is 1. The molecule has 1 aromatic carbocycles. The predicted molar refractivity (Wildman–Crippen MR) is 78.6 cm³/mol. The fourth-order valence-corrected chi connectivity index (χ4v) is 4.49. The molecule has 0 heterocycles. The van der Waals surface area contributed by atoms with Crippen molar-refractivity contribution in [3.8, 4) is 0 Å². The van der Waals surface area contributed by atoms with Gasteiger partial charge >= 0.3 is 0 Å². The quantitative estimate of drug-likeness (QED) is 0.549. The van der Waals surface area contributed by atoms with E-state index < -0.39 is 9.04 Å². The monoisotopic (exact) mass is 248 g/mol. The lowest BCUT2D eigenvalue weighted by Crippen LogP contribution is -2.23. The SMILES string of the molecule is Cc1ccccc1C=CO[SiH](C(C)C)C(C)C. The third kappa shape index (κ3) is 4.39. The van der Waals surface area contributed by atoms with Crippen LogP contribution in [0.2, 0.25) is 11.1 Å². The minimum atomic E-state index is -1.12. The Kier molecular flexibility index (Phi) is 5.49. The van der Waals surface area contributed by atoms with Gasteiger partial charge in [-0.1, -0.05) is 52.0 Å². The van der Waals surface area contributed by atoms with Crippen LogP contribution in [0.4, 0.5) is 0 Å². The van der Waals surface area contributed by atoms with E-state index >= 15 is 0 Å². The summed E-state index contributed by atoms with van der Waals surface area (Å²) >= 11 is 0. The smallest absolute Gasteiger partial charge is 0.239 e. The van der Waals surface area contributed by atoms with E-state index in [0.29, 0.717) is 11.1 Å². The average molecular weight is 248 g/mol. The van der Waals surface area contributed by atoms with Crippen molar-refractivity contribution in [2.45, 2.75) is 45.7 Å². The van der Waals surface area contributed by atoms with Crippen LogP contribution >= 0.6 is 0 Å². The van der Waals surface area contributed by atoms with Gasteiger partial charge in [0.25, 0.3) is 0 Å². The van der Waals surface area contributed by atoms with Crippen molar-refractivity contribution < 1.29 is 4.43 Å². The minimum Gasteiger partial charge on any atom is -0.551 e. The zero-order valence-electron chi connectivity index (χ0n) is 11.6. The molecule has 1 rings (SSSR count). The van der Waals surface area contributed by atoms with Crippen molar-refractivity contribution in [1.29, 1.82) is 0 Å². The van der Waals surface area contributed by atoms with E-state index in [1.165, 1.54) is 11.1 Å². The number of rotatable bonds is 5. The molecular weight excluding hydrogens is 224 g/mol. The molecule has 0 saturated heterocycles. The summed E-state index contributed by atoms with van der Waals surface area (Å²) in [5, 5.41) is 0. The first kappa shape index (κ1) is 14.0. The van der Waals surface area contributed by atoms with Gasteiger partial charge < -0.3 is 4.43 Å². The maximum absolute atomic E-state index is 5.98. The Morgan fingerprint density at radius 3 is 2.18 bits per heavy atom. The summed E-state index contributed by atoms with van der Waals surface area (Å²) in [6.45, 7) is 11.2. The van der Waals surface area contributed by atoms with E-state index in [9.17, 15) is 0 Å². The summed E-state index contributed by atoms with van der Waals surface area (Å²) in [6.07, 6.45) is 3.99. The van der Waals surface area contributed by atoms with Crippen molar-refractivity contribution >= 4 is 15.1 Å². The van der Waals surface area contributed by atoms with Gasteiger partial charge in [0.15, 0.2) is 0 Å². The molecule has 0 aliphatic heterocycles. The molecule has 0 N–H and O–H groups in total. The molecule has 94 valence electrons. The average Bonchev–Trinajstić information content (AvgIpc) is 2.25. The van der Waals surface area contributed by atoms with Crippen LogP contribution in [0.15, 0.2) is 30.5 Å². The topological polar surface area (TPSA) is 9.23 Å². The van der Waals surface area contributed by atoms with Crippen molar-refractivity contribution in [3.63, 3.8) is 0 Å². The van der Waals surface area contributed by atoms with E-state index in [1.54, 1.807) is 0 Å². The maximum atomic E-state index is 5.98. The summed E-state index contributed by atoms with van der Waals surface area (Å²) in [4.78, 5) is 0. The van der Waals surface area contributed by atoms with Gasteiger partial charge in [0.1, 0.15) is 0 Å². The van der Waals surface area contributed by atoms with E-state index in [1.807, 2.05) is 6.26 Å². The number of hydrogen-bond acceptors (Lipinski definition) is 1. The van der Waals surface area contributed by atoms with E-state index in [0.717, 1.165) is 0 Å². The lowest BCUT2D eigenvalue weighted by molar-refractivity contribution is 0.468. The predicted octanol–water partition coefficient (Wildman–Crippen LogP) is 4.53. The molecule has 0 spiro atoms. The standard InChI is InChI=1S/C15H24OSi/c1-12(2)17(13(3)4)16-11-10-15-9-7-6-8-14(15)5/h6-13,17H,1-5H3. The lowest BCUT2D eigenvalue weighted by atomic mass is 10.1. The summed E-state index contributed by atoms with van der Waals surface area (Å²) < 4.78 is 5.98. The lowest BCUT2D eigenvalue weighted by Gasteiger charge is -2.21. The third-order valence-electron chi connectivity index (χ3n) is 2.99. The maximum Gasteiger partial charge on any atom is 0.239 e. The first-order chi connectivity index (χ1) is 8.02. The Bertz CT molecular complexity index is 361. The molecular formula is C15H24OSi. The van der Waals surface area contributed by atoms with Crippen LogP contribution in [0.3, 0.4) is 0 Å². The second-order valence-electron chi connectivity index (χ2n) is 5.25. The van der Waals surface area contributed by atoms with Crippen molar-refractivity contribution in [3.05, 3.63) is 41.7 Å². The second kappa shape index (κ2) is 6.65. The van der Waals surface area contributed by atoms with E-state index in [4.69, 9.17) is 4.43 Å². The molecule has 2 heteroatoms. The molecule has 0 amide bonds. The van der Waals surface area contributed by atoms with Gasteiger partial charge in [0.05, 0.1) is 6.26 Å².